The highest BCUT2D eigenvalue weighted by Crippen LogP contribution is 2.03. The molecule has 58 valence electrons. The summed E-state index contributed by atoms with van der Waals surface area (Å²) in [4.78, 5) is 4.30. The Morgan fingerprint density at radius 2 is 1.60 bits per heavy atom. The summed E-state index contributed by atoms with van der Waals surface area (Å²) in [6.07, 6.45) is 0. The van der Waals surface area contributed by atoms with Gasteiger partial charge in [0.15, 0.2) is 0 Å². The normalized spacial score (nSPS) is 11.5. The van der Waals surface area contributed by atoms with Crippen molar-refractivity contribution in [3.8, 4) is 0 Å². The molecule has 0 aliphatic heterocycles. The summed E-state index contributed by atoms with van der Waals surface area (Å²) >= 11 is 0. The lowest BCUT2D eigenvalue weighted by molar-refractivity contribution is 1.12. The van der Waals surface area contributed by atoms with Crippen molar-refractivity contribution in [2.24, 2.45) is 4.99 Å². The Morgan fingerprint density at radius 3 is 1.90 bits per heavy atom. The van der Waals surface area contributed by atoms with Crippen molar-refractivity contribution in [2.45, 2.75) is 34.6 Å². The Morgan fingerprint density at radius 1 is 1.10 bits per heavy atom. The quantitative estimate of drug-likeness (QED) is 0.522. The molecule has 0 aliphatic carbocycles. The lowest BCUT2D eigenvalue weighted by Crippen LogP contribution is -1.95. The van der Waals surface area contributed by atoms with Crippen LogP contribution in [0.3, 0.4) is 0 Å². The second-order valence-electron chi connectivity index (χ2n) is 2.68. The van der Waals surface area contributed by atoms with E-state index < -0.39 is 0 Å². The minimum Gasteiger partial charge on any atom is -0.290 e. The van der Waals surface area contributed by atoms with Crippen LogP contribution >= 0.6 is 0 Å². The van der Waals surface area contributed by atoms with Crippen LogP contribution < -0.4 is 0 Å². The van der Waals surface area contributed by atoms with Crippen molar-refractivity contribution in [1.82, 2.24) is 0 Å². The molecule has 0 saturated heterocycles. The molecule has 0 aliphatic rings. The fourth-order valence-electron chi connectivity index (χ4n) is 0.718. The second-order valence-corrected chi connectivity index (χ2v) is 2.68. The Hall–Kier alpha value is -0.590. The maximum absolute atomic E-state index is 4.30. The van der Waals surface area contributed by atoms with Crippen molar-refractivity contribution in [3.63, 3.8) is 0 Å². The average Bonchev–Trinajstić information content (AvgIpc) is 1.87. The first-order chi connectivity index (χ1) is 4.59. The van der Waals surface area contributed by atoms with Crippen molar-refractivity contribution < 1.29 is 0 Å². The molecule has 0 bridgehead atoms. The van der Waals surface area contributed by atoms with Crippen LogP contribution in [0.25, 0.3) is 0 Å². The highest BCUT2D eigenvalue weighted by Gasteiger charge is 1.94. The predicted octanol–water partition coefficient (Wildman–Crippen LogP) is 2.82. The standard InChI is InChI=1S/C9H17N/c1-6-10-9(5)8(4)7(2)3/h6H2,1-5H3/b10-9+. The van der Waals surface area contributed by atoms with Crippen LogP contribution in [0.5, 0.6) is 0 Å². The molecule has 0 aromatic rings. The van der Waals surface area contributed by atoms with Crippen LogP contribution in [0.2, 0.25) is 0 Å². The average molecular weight is 139 g/mol. The van der Waals surface area contributed by atoms with E-state index in [0.29, 0.717) is 0 Å². The van der Waals surface area contributed by atoms with Gasteiger partial charge < -0.3 is 0 Å². The van der Waals surface area contributed by atoms with Gasteiger partial charge in [0, 0.05) is 12.3 Å². The van der Waals surface area contributed by atoms with Crippen LogP contribution in [0.1, 0.15) is 34.6 Å². The second kappa shape index (κ2) is 4.26. The molecule has 1 nitrogen and oxygen atoms in total. The van der Waals surface area contributed by atoms with Gasteiger partial charge >= 0.3 is 0 Å². The SMILES string of the molecule is CC/N=C(\C)C(C)=C(C)C. The summed E-state index contributed by atoms with van der Waals surface area (Å²) in [7, 11) is 0. The van der Waals surface area contributed by atoms with Gasteiger partial charge in [-0.3, -0.25) is 4.99 Å². The van der Waals surface area contributed by atoms with Gasteiger partial charge in [0.25, 0.3) is 0 Å². The first-order valence-corrected chi connectivity index (χ1v) is 3.75. The molecule has 0 aromatic carbocycles. The molecule has 0 atom stereocenters. The number of nitrogens with zero attached hydrogens (tertiary/aromatic N) is 1. The predicted molar refractivity (Wildman–Crippen MR) is 47.7 cm³/mol. The Bertz CT molecular complexity index is 160. The molecular formula is C9H17N. The van der Waals surface area contributed by atoms with E-state index in [2.05, 4.69) is 39.6 Å². The Labute approximate surface area is 63.9 Å². The van der Waals surface area contributed by atoms with Crippen molar-refractivity contribution in [3.05, 3.63) is 11.1 Å². The molecule has 0 rings (SSSR count). The maximum atomic E-state index is 4.30. The first-order valence-electron chi connectivity index (χ1n) is 3.75. The van der Waals surface area contributed by atoms with Crippen LogP contribution in [0.4, 0.5) is 0 Å². The van der Waals surface area contributed by atoms with Gasteiger partial charge in [0.2, 0.25) is 0 Å². The molecule has 1 heteroatoms. The fourth-order valence-corrected chi connectivity index (χ4v) is 0.718. The van der Waals surface area contributed by atoms with Crippen LogP contribution in [-0.4, -0.2) is 12.3 Å². The lowest BCUT2D eigenvalue weighted by Gasteiger charge is -2.01. The van der Waals surface area contributed by atoms with Gasteiger partial charge in [0.05, 0.1) is 0 Å². The van der Waals surface area contributed by atoms with Crippen molar-refractivity contribution in [2.75, 3.05) is 6.54 Å². The molecule has 0 heterocycles. The van der Waals surface area contributed by atoms with E-state index in [1.54, 1.807) is 0 Å². The van der Waals surface area contributed by atoms with Gasteiger partial charge in [-0.15, -0.1) is 0 Å². The van der Waals surface area contributed by atoms with E-state index in [-0.39, 0.29) is 0 Å². The van der Waals surface area contributed by atoms with Gasteiger partial charge in [-0.2, -0.15) is 0 Å². The highest BCUT2D eigenvalue weighted by atomic mass is 14.7. The molecular weight excluding hydrogens is 122 g/mol. The minimum absolute atomic E-state index is 0.885. The lowest BCUT2D eigenvalue weighted by atomic mass is 10.1. The zero-order chi connectivity index (χ0) is 8.15. The smallest absolute Gasteiger partial charge is 0.0364 e. The molecule has 0 N–H and O–H groups in total. The van der Waals surface area contributed by atoms with Crippen LogP contribution in [0, 0.1) is 0 Å². The monoisotopic (exact) mass is 139 g/mol. The summed E-state index contributed by atoms with van der Waals surface area (Å²) in [5.74, 6) is 0. The van der Waals surface area contributed by atoms with Gasteiger partial charge in [0.1, 0.15) is 0 Å². The van der Waals surface area contributed by atoms with E-state index >= 15 is 0 Å². The van der Waals surface area contributed by atoms with Gasteiger partial charge in [-0.05, 0) is 40.2 Å². The number of rotatable bonds is 2. The largest absolute Gasteiger partial charge is 0.290 e. The molecule has 10 heavy (non-hydrogen) atoms. The molecule has 0 amide bonds. The zero-order valence-corrected chi connectivity index (χ0v) is 7.65. The summed E-state index contributed by atoms with van der Waals surface area (Å²) < 4.78 is 0. The van der Waals surface area contributed by atoms with Crippen LogP contribution in [0.15, 0.2) is 16.1 Å². The highest BCUT2D eigenvalue weighted by molar-refractivity contribution is 5.98. The van der Waals surface area contributed by atoms with E-state index in [1.165, 1.54) is 16.9 Å². The number of hydrogen-bond acceptors (Lipinski definition) is 1. The summed E-state index contributed by atoms with van der Waals surface area (Å²) in [6, 6.07) is 0. The molecule has 0 unspecified atom stereocenters. The van der Waals surface area contributed by atoms with Crippen molar-refractivity contribution in [1.29, 1.82) is 0 Å². The van der Waals surface area contributed by atoms with Gasteiger partial charge in [-0.1, -0.05) is 5.57 Å². The Balaban J connectivity index is 4.36. The molecule has 0 radical (unpaired) electrons. The first kappa shape index (κ1) is 9.41. The summed E-state index contributed by atoms with van der Waals surface area (Å²) in [5, 5.41) is 0. The van der Waals surface area contributed by atoms with E-state index in [0.717, 1.165) is 6.54 Å². The molecule has 0 saturated carbocycles. The van der Waals surface area contributed by atoms with Gasteiger partial charge in [-0.25, -0.2) is 0 Å². The minimum atomic E-state index is 0.885. The maximum Gasteiger partial charge on any atom is 0.0364 e. The number of allylic oxidation sites excluding steroid dienone is 2. The molecule has 0 spiro atoms. The van der Waals surface area contributed by atoms with E-state index in [9.17, 15) is 0 Å². The third-order valence-corrected chi connectivity index (χ3v) is 1.69. The number of aliphatic imine (C=N–C) groups is 1. The fraction of sp³-hybridized carbons (Fsp3) is 0.667. The van der Waals surface area contributed by atoms with E-state index in [1.807, 2.05) is 0 Å². The van der Waals surface area contributed by atoms with Crippen molar-refractivity contribution >= 4 is 5.71 Å². The topological polar surface area (TPSA) is 12.4 Å². The van der Waals surface area contributed by atoms with E-state index in [4.69, 9.17) is 0 Å². The third kappa shape index (κ3) is 2.81. The zero-order valence-electron chi connectivity index (χ0n) is 7.65. The number of hydrogen-bond donors (Lipinski definition) is 0. The summed E-state index contributed by atoms with van der Waals surface area (Å²) in [5.41, 5.74) is 3.85. The summed E-state index contributed by atoms with van der Waals surface area (Å²) in [6.45, 7) is 11.3. The van der Waals surface area contributed by atoms with Crippen LogP contribution in [-0.2, 0) is 0 Å². The Kier molecular flexibility index (Phi) is 4.01. The molecule has 0 fully saturated rings. The molecule has 0 aromatic heterocycles. The third-order valence-electron chi connectivity index (χ3n) is 1.69.